The maximum absolute atomic E-state index is 11.0. The van der Waals surface area contributed by atoms with Crippen molar-refractivity contribution in [2.45, 2.75) is 19.4 Å². The number of hydrogen-bond donors (Lipinski definition) is 2. The van der Waals surface area contributed by atoms with Gasteiger partial charge >= 0.3 is 6.09 Å². The molecule has 1 rings (SSSR count). The van der Waals surface area contributed by atoms with Crippen molar-refractivity contribution in [3.8, 4) is 0 Å². The predicted octanol–water partition coefficient (Wildman–Crippen LogP) is 1.30. The van der Waals surface area contributed by atoms with Gasteiger partial charge in [0.15, 0.2) is 0 Å². The van der Waals surface area contributed by atoms with E-state index >= 15 is 0 Å². The summed E-state index contributed by atoms with van der Waals surface area (Å²) in [5.74, 6) is 0. The maximum Gasteiger partial charge on any atom is 0.407 e. The number of rotatable bonds is 5. The summed E-state index contributed by atoms with van der Waals surface area (Å²) in [6, 6.07) is 9.74. The van der Waals surface area contributed by atoms with E-state index in [0.717, 1.165) is 5.56 Å². The molecular formula is C12H18N2O2. The first kappa shape index (κ1) is 12.5. The molecule has 1 aromatic rings. The molecule has 0 spiro atoms. The number of benzene rings is 1. The Kier molecular flexibility index (Phi) is 5.36. The number of amides is 1. The van der Waals surface area contributed by atoms with Crippen molar-refractivity contribution in [1.82, 2.24) is 5.32 Å². The summed E-state index contributed by atoms with van der Waals surface area (Å²) in [5.41, 5.74) is 6.99. The van der Waals surface area contributed by atoms with Gasteiger partial charge in [-0.3, -0.25) is 0 Å². The van der Waals surface area contributed by atoms with Crippen LogP contribution >= 0.6 is 0 Å². The van der Waals surface area contributed by atoms with Crippen molar-refractivity contribution < 1.29 is 9.53 Å². The van der Waals surface area contributed by atoms with Gasteiger partial charge in [-0.2, -0.15) is 0 Å². The van der Waals surface area contributed by atoms with E-state index in [-0.39, 0.29) is 12.6 Å². The Bertz CT molecular complexity index is 314. The zero-order chi connectivity index (χ0) is 11.8. The van der Waals surface area contributed by atoms with Crippen molar-refractivity contribution in [2.24, 2.45) is 5.73 Å². The molecule has 0 aliphatic rings. The number of ether oxygens (including phenoxy) is 1. The molecule has 1 amide bonds. The number of carbonyl (C=O) groups is 1. The maximum atomic E-state index is 11.0. The highest BCUT2D eigenvalue weighted by Crippen LogP contribution is 2.01. The molecule has 0 aliphatic heterocycles. The van der Waals surface area contributed by atoms with E-state index in [1.165, 1.54) is 0 Å². The topological polar surface area (TPSA) is 64.3 Å². The first-order valence-corrected chi connectivity index (χ1v) is 5.42. The van der Waals surface area contributed by atoms with E-state index in [1.807, 2.05) is 37.3 Å². The van der Waals surface area contributed by atoms with Crippen molar-refractivity contribution >= 4 is 6.09 Å². The van der Waals surface area contributed by atoms with E-state index < -0.39 is 6.09 Å². The molecule has 1 atom stereocenters. The van der Waals surface area contributed by atoms with Crippen LogP contribution in [0.2, 0.25) is 0 Å². The van der Waals surface area contributed by atoms with Crippen LogP contribution in [0.25, 0.3) is 0 Å². The van der Waals surface area contributed by atoms with E-state index in [9.17, 15) is 4.79 Å². The lowest BCUT2D eigenvalue weighted by Crippen LogP contribution is -2.33. The van der Waals surface area contributed by atoms with E-state index in [2.05, 4.69) is 5.32 Å². The van der Waals surface area contributed by atoms with Crippen molar-refractivity contribution in [2.75, 3.05) is 13.2 Å². The van der Waals surface area contributed by atoms with Crippen LogP contribution in [0.1, 0.15) is 12.5 Å². The van der Waals surface area contributed by atoms with E-state index in [4.69, 9.17) is 10.5 Å². The van der Waals surface area contributed by atoms with Crippen LogP contribution in [0, 0.1) is 0 Å². The third kappa shape index (κ3) is 4.79. The zero-order valence-corrected chi connectivity index (χ0v) is 9.48. The highest BCUT2D eigenvalue weighted by Gasteiger charge is 2.07. The molecule has 4 nitrogen and oxygen atoms in total. The van der Waals surface area contributed by atoms with Gasteiger partial charge in [0.2, 0.25) is 0 Å². The third-order valence-electron chi connectivity index (χ3n) is 2.09. The Morgan fingerprint density at radius 3 is 2.75 bits per heavy atom. The predicted molar refractivity (Wildman–Crippen MR) is 63.1 cm³/mol. The lowest BCUT2D eigenvalue weighted by Gasteiger charge is -2.12. The molecule has 3 N–H and O–H groups in total. The fraction of sp³-hybridized carbons (Fsp3) is 0.417. The van der Waals surface area contributed by atoms with E-state index in [1.54, 1.807) is 0 Å². The summed E-state index contributed by atoms with van der Waals surface area (Å²) in [6.45, 7) is 2.64. The molecule has 0 bridgehead atoms. The summed E-state index contributed by atoms with van der Waals surface area (Å²) in [5, 5.41) is 2.55. The second-order valence-electron chi connectivity index (χ2n) is 3.58. The monoisotopic (exact) mass is 222 g/mol. The average Bonchev–Trinajstić information content (AvgIpc) is 2.28. The normalized spacial score (nSPS) is 11.9. The van der Waals surface area contributed by atoms with Crippen LogP contribution in [-0.2, 0) is 11.2 Å². The molecule has 0 heterocycles. The fourth-order valence-corrected chi connectivity index (χ4v) is 1.35. The molecular weight excluding hydrogens is 204 g/mol. The minimum Gasteiger partial charge on any atom is -0.448 e. The molecule has 0 saturated carbocycles. The van der Waals surface area contributed by atoms with Gasteiger partial charge in [-0.05, 0) is 18.9 Å². The summed E-state index contributed by atoms with van der Waals surface area (Å²) in [4.78, 5) is 11.0. The van der Waals surface area contributed by atoms with Crippen LogP contribution in [0.3, 0.4) is 0 Å². The zero-order valence-electron chi connectivity index (χ0n) is 9.48. The smallest absolute Gasteiger partial charge is 0.407 e. The Balaban J connectivity index is 2.26. The lowest BCUT2D eigenvalue weighted by atomic mass is 10.1. The molecule has 0 radical (unpaired) electrons. The van der Waals surface area contributed by atoms with Crippen molar-refractivity contribution in [3.05, 3.63) is 35.9 Å². The van der Waals surface area contributed by atoms with Gasteiger partial charge < -0.3 is 15.8 Å². The number of carbonyl (C=O) groups excluding carboxylic acids is 1. The number of nitrogens with two attached hydrogens (primary N) is 1. The Hall–Kier alpha value is -1.55. The fourth-order valence-electron chi connectivity index (χ4n) is 1.35. The van der Waals surface area contributed by atoms with Gasteiger partial charge in [-0.1, -0.05) is 30.3 Å². The molecule has 4 heteroatoms. The molecule has 0 fully saturated rings. The summed E-state index contributed by atoms with van der Waals surface area (Å²) in [6.07, 6.45) is 0.297. The number of hydrogen-bond acceptors (Lipinski definition) is 3. The van der Waals surface area contributed by atoms with Gasteiger partial charge in [0.05, 0.1) is 0 Å². The van der Waals surface area contributed by atoms with Gasteiger partial charge in [0.1, 0.15) is 6.61 Å². The largest absolute Gasteiger partial charge is 0.448 e. The van der Waals surface area contributed by atoms with Gasteiger partial charge in [0, 0.05) is 12.6 Å². The van der Waals surface area contributed by atoms with Crippen LogP contribution in [0.4, 0.5) is 4.79 Å². The highest BCUT2D eigenvalue weighted by molar-refractivity contribution is 5.66. The lowest BCUT2D eigenvalue weighted by molar-refractivity contribution is 0.139. The SMILES string of the molecule is CCNC(=O)OCC(N)Cc1ccccc1. The Morgan fingerprint density at radius 2 is 2.12 bits per heavy atom. The van der Waals surface area contributed by atoms with Gasteiger partial charge in [-0.25, -0.2) is 4.79 Å². The van der Waals surface area contributed by atoms with Gasteiger partial charge in [-0.15, -0.1) is 0 Å². The minimum absolute atomic E-state index is 0.162. The third-order valence-corrected chi connectivity index (χ3v) is 2.09. The first-order valence-electron chi connectivity index (χ1n) is 5.42. The molecule has 88 valence electrons. The van der Waals surface area contributed by atoms with Crippen LogP contribution in [0.15, 0.2) is 30.3 Å². The molecule has 1 unspecified atom stereocenters. The van der Waals surface area contributed by atoms with Crippen molar-refractivity contribution in [1.29, 1.82) is 0 Å². The molecule has 1 aromatic carbocycles. The first-order chi connectivity index (χ1) is 7.72. The number of alkyl carbamates (subject to hydrolysis) is 1. The quantitative estimate of drug-likeness (QED) is 0.789. The second-order valence-corrected chi connectivity index (χ2v) is 3.58. The molecule has 16 heavy (non-hydrogen) atoms. The summed E-state index contributed by atoms with van der Waals surface area (Å²) < 4.78 is 4.94. The van der Waals surface area contributed by atoms with Crippen LogP contribution < -0.4 is 11.1 Å². The average molecular weight is 222 g/mol. The van der Waals surface area contributed by atoms with Crippen LogP contribution in [-0.4, -0.2) is 25.3 Å². The van der Waals surface area contributed by atoms with E-state index in [0.29, 0.717) is 13.0 Å². The summed E-state index contributed by atoms with van der Waals surface area (Å²) in [7, 11) is 0. The van der Waals surface area contributed by atoms with Crippen molar-refractivity contribution in [3.63, 3.8) is 0 Å². The second kappa shape index (κ2) is 6.85. The molecule has 0 aromatic heterocycles. The Labute approximate surface area is 95.8 Å². The molecule has 0 saturated heterocycles. The number of nitrogens with one attached hydrogen (secondary N) is 1. The standard InChI is InChI=1S/C12H18N2O2/c1-2-14-12(15)16-9-11(13)8-10-6-4-3-5-7-10/h3-7,11H,2,8-9,13H2,1H3,(H,14,15). The molecule has 0 aliphatic carbocycles. The van der Waals surface area contributed by atoms with Gasteiger partial charge in [0.25, 0.3) is 0 Å². The van der Waals surface area contributed by atoms with Crippen LogP contribution in [0.5, 0.6) is 0 Å². The minimum atomic E-state index is -0.411. The highest BCUT2D eigenvalue weighted by atomic mass is 16.5. The summed E-state index contributed by atoms with van der Waals surface area (Å²) >= 11 is 0. The Morgan fingerprint density at radius 1 is 1.44 bits per heavy atom.